The molecule has 0 aliphatic carbocycles. The molecule has 0 fully saturated rings. The highest BCUT2D eigenvalue weighted by Crippen LogP contribution is 2.17. The number of ether oxygens (including phenoxy) is 2. The van der Waals surface area contributed by atoms with E-state index in [0.717, 1.165) is 5.56 Å². The molecule has 1 rings (SSSR count). The highest BCUT2D eigenvalue weighted by Gasteiger charge is 2.22. The average molecular weight is 307 g/mol. The van der Waals surface area contributed by atoms with E-state index in [4.69, 9.17) is 9.47 Å². The Labute approximate surface area is 132 Å². The van der Waals surface area contributed by atoms with E-state index in [1.165, 1.54) is 7.11 Å². The lowest BCUT2D eigenvalue weighted by atomic mass is 10.0. The van der Waals surface area contributed by atoms with Gasteiger partial charge < -0.3 is 14.8 Å². The lowest BCUT2D eigenvalue weighted by molar-refractivity contribution is -0.141. The van der Waals surface area contributed by atoms with Crippen LogP contribution in [0.1, 0.15) is 38.8 Å². The number of hydrogen-bond acceptors (Lipinski definition) is 4. The van der Waals surface area contributed by atoms with Crippen LogP contribution in [-0.2, 0) is 19.1 Å². The van der Waals surface area contributed by atoms with Crippen molar-refractivity contribution in [2.75, 3.05) is 13.7 Å². The molecule has 0 saturated carbocycles. The van der Waals surface area contributed by atoms with Crippen molar-refractivity contribution in [2.45, 2.75) is 39.3 Å². The van der Waals surface area contributed by atoms with Crippen molar-refractivity contribution in [3.63, 3.8) is 0 Å². The Balaban J connectivity index is 2.71. The van der Waals surface area contributed by atoms with Gasteiger partial charge in [-0.15, -0.1) is 0 Å². The van der Waals surface area contributed by atoms with E-state index in [1.54, 1.807) is 6.92 Å². The second kappa shape index (κ2) is 9.20. The fourth-order valence-electron chi connectivity index (χ4n) is 1.89. The van der Waals surface area contributed by atoms with Crippen LogP contribution in [0, 0.1) is 5.92 Å². The van der Waals surface area contributed by atoms with Gasteiger partial charge in [0, 0.05) is 6.61 Å². The number of nitrogens with one attached hydrogen (secondary N) is 1. The average Bonchev–Trinajstić information content (AvgIpc) is 2.52. The maximum Gasteiger partial charge on any atom is 0.307 e. The van der Waals surface area contributed by atoms with Crippen LogP contribution in [0.3, 0.4) is 0 Å². The van der Waals surface area contributed by atoms with Crippen molar-refractivity contribution >= 4 is 11.9 Å². The topological polar surface area (TPSA) is 64.6 Å². The van der Waals surface area contributed by atoms with Crippen LogP contribution < -0.4 is 5.32 Å². The third kappa shape index (κ3) is 6.26. The van der Waals surface area contributed by atoms with Gasteiger partial charge >= 0.3 is 5.97 Å². The molecule has 0 radical (unpaired) electrons. The van der Waals surface area contributed by atoms with E-state index in [9.17, 15) is 9.59 Å². The molecule has 0 spiro atoms. The van der Waals surface area contributed by atoms with Gasteiger partial charge in [-0.2, -0.15) is 0 Å². The van der Waals surface area contributed by atoms with E-state index in [-0.39, 0.29) is 18.3 Å². The molecule has 2 atom stereocenters. The van der Waals surface area contributed by atoms with Gasteiger partial charge in [0.2, 0.25) is 5.91 Å². The van der Waals surface area contributed by atoms with Crippen LogP contribution in [0.25, 0.3) is 0 Å². The first-order valence-corrected chi connectivity index (χ1v) is 7.47. The molecule has 5 nitrogen and oxygen atoms in total. The first-order valence-electron chi connectivity index (χ1n) is 7.47. The molecule has 0 aromatic heterocycles. The van der Waals surface area contributed by atoms with Crippen LogP contribution in [0.5, 0.6) is 0 Å². The molecule has 1 aromatic carbocycles. The van der Waals surface area contributed by atoms with Gasteiger partial charge in [-0.05, 0) is 18.4 Å². The quantitative estimate of drug-likeness (QED) is 0.749. The summed E-state index contributed by atoms with van der Waals surface area (Å²) in [6, 6.07) is 8.93. The number of hydrogen-bond donors (Lipinski definition) is 1. The summed E-state index contributed by atoms with van der Waals surface area (Å²) in [6.45, 7) is 6.27. The van der Waals surface area contributed by atoms with E-state index in [2.05, 4.69) is 5.32 Å². The van der Waals surface area contributed by atoms with Crippen LogP contribution >= 0.6 is 0 Å². The number of rotatable bonds is 8. The minimum absolute atomic E-state index is 0.0865. The van der Waals surface area contributed by atoms with E-state index in [1.807, 2.05) is 44.2 Å². The molecule has 5 heteroatoms. The van der Waals surface area contributed by atoms with Gasteiger partial charge in [0.15, 0.2) is 0 Å². The van der Waals surface area contributed by atoms with Gasteiger partial charge in [-0.3, -0.25) is 9.59 Å². The number of benzene rings is 1. The normalized spacial score (nSPS) is 13.5. The van der Waals surface area contributed by atoms with Crippen LogP contribution in [0.4, 0.5) is 0 Å². The maximum absolute atomic E-state index is 12.2. The predicted octanol–water partition coefficient (Wildman–Crippen LogP) is 2.47. The van der Waals surface area contributed by atoms with Crippen LogP contribution in [0.2, 0.25) is 0 Å². The summed E-state index contributed by atoms with van der Waals surface area (Å²) in [5.41, 5.74) is 0.859. The Morgan fingerprint density at radius 3 is 2.32 bits per heavy atom. The van der Waals surface area contributed by atoms with Gasteiger partial charge in [0.1, 0.15) is 6.10 Å². The smallest absolute Gasteiger partial charge is 0.307 e. The summed E-state index contributed by atoms with van der Waals surface area (Å²) < 4.78 is 10.2. The Hall–Kier alpha value is -1.88. The number of methoxy groups -OCH3 is 1. The zero-order valence-electron chi connectivity index (χ0n) is 13.7. The minimum Gasteiger partial charge on any atom is -0.469 e. The summed E-state index contributed by atoms with van der Waals surface area (Å²) in [7, 11) is 1.33. The summed E-state index contributed by atoms with van der Waals surface area (Å²) in [5, 5.41) is 2.86. The zero-order chi connectivity index (χ0) is 16.5. The fraction of sp³-hybridized carbons (Fsp3) is 0.529. The molecule has 0 saturated heterocycles. The second-order valence-corrected chi connectivity index (χ2v) is 5.62. The molecule has 2 unspecified atom stereocenters. The van der Waals surface area contributed by atoms with E-state index in [0.29, 0.717) is 12.5 Å². The number of carbonyl (C=O) groups excluding carboxylic acids is 2. The van der Waals surface area contributed by atoms with Crippen molar-refractivity contribution in [3.05, 3.63) is 35.9 Å². The monoisotopic (exact) mass is 307 g/mol. The molecule has 0 bridgehead atoms. The Morgan fingerprint density at radius 1 is 1.14 bits per heavy atom. The predicted molar refractivity (Wildman–Crippen MR) is 84.2 cm³/mol. The first kappa shape index (κ1) is 18.2. The molecule has 0 heterocycles. The Morgan fingerprint density at radius 2 is 1.77 bits per heavy atom. The molecule has 22 heavy (non-hydrogen) atoms. The van der Waals surface area contributed by atoms with Crippen molar-refractivity contribution in [1.82, 2.24) is 5.32 Å². The third-order valence-corrected chi connectivity index (χ3v) is 3.17. The lowest BCUT2D eigenvalue weighted by Gasteiger charge is -2.21. The summed E-state index contributed by atoms with van der Waals surface area (Å²) >= 11 is 0. The summed E-state index contributed by atoms with van der Waals surface area (Å²) in [5.74, 6) is -0.251. The molecule has 122 valence electrons. The maximum atomic E-state index is 12.2. The van der Waals surface area contributed by atoms with E-state index >= 15 is 0 Å². The molecule has 0 aliphatic rings. The lowest BCUT2D eigenvalue weighted by Crippen LogP contribution is -2.38. The van der Waals surface area contributed by atoms with Crippen LogP contribution in [-0.4, -0.2) is 31.7 Å². The minimum atomic E-state index is -0.564. The van der Waals surface area contributed by atoms with Gasteiger partial charge in [-0.1, -0.05) is 44.2 Å². The van der Waals surface area contributed by atoms with Gasteiger partial charge in [0.05, 0.1) is 19.6 Å². The van der Waals surface area contributed by atoms with Crippen molar-refractivity contribution in [2.24, 2.45) is 5.92 Å². The molecule has 1 N–H and O–H groups in total. The van der Waals surface area contributed by atoms with E-state index < -0.39 is 12.1 Å². The fourth-order valence-corrected chi connectivity index (χ4v) is 1.89. The number of carbonyl (C=O) groups is 2. The first-order chi connectivity index (χ1) is 10.4. The summed E-state index contributed by atoms with van der Waals surface area (Å²) in [4.78, 5) is 23.8. The van der Waals surface area contributed by atoms with Crippen LogP contribution in [0.15, 0.2) is 30.3 Å². The largest absolute Gasteiger partial charge is 0.469 e. The third-order valence-electron chi connectivity index (χ3n) is 3.17. The Bertz CT molecular complexity index is 473. The molecule has 0 aliphatic heterocycles. The number of esters is 1. The zero-order valence-corrected chi connectivity index (χ0v) is 13.7. The SMILES string of the molecule is COC(=O)CC(NC(=O)C(C)OCC(C)C)c1ccccc1. The Kier molecular flexibility index (Phi) is 7.60. The summed E-state index contributed by atoms with van der Waals surface area (Å²) in [6.07, 6.45) is -0.477. The second-order valence-electron chi connectivity index (χ2n) is 5.62. The number of amides is 1. The molecular weight excluding hydrogens is 282 g/mol. The van der Waals surface area contributed by atoms with Gasteiger partial charge in [-0.25, -0.2) is 0 Å². The van der Waals surface area contributed by atoms with Crippen molar-refractivity contribution in [1.29, 1.82) is 0 Å². The molecule has 1 aromatic rings. The highest BCUT2D eigenvalue weighted by atomic mass is 16.5. The highest BCUT2D eigenvalue weighted by molar-refractivity contribution is 5.81. The van der Waals surface area contributed by atoms with Crippen molar-refractivity contribution < 1.29 is 19.1 Å². The molecular formula is C17H25NO4. The van der Waals surface area contributed by atoms with Gasteiger partial charge in [0.25, 0.3) is 0 Å². The standard InChI is InChI=1S/C17H25NO4/c1-12(2)11-22-13(3)17(20)18-15(10-16(19)21-4)14-8-6-5-7-9-14/h5-9,12-13,15H,10-11H2,1-4H3,(H,18,20). The molecule has 1 amide bonds. The van der Waals surface area contributed by atoms with Crippen molar-refractivity contribution in [3.8, 4) is 0 Å².